The summed E-state index contributed by atoms with van der Waals surface area (Å²) >= 11 is 5.70. The van der Waals surface area contributed by atoms with Crippen molar-refractivity contribution in [1.82, 2.24) is 0 Å². The summed E-state index contributed by atoms with van der Waals surface area (Å²) < 4.78 is 40.0. The second-order valence-corrected chi connectivity index (χ2v) is 4.01. The third kappa shape index (κ3) is 4.02. The van der Waals surface area contributed by atoms with Crippen molar-refractivity contribution >= 4 is 11.6 Å². The number of halogens is 4. The largest absolute Gasteiger partial charge is 0.411 e. The normalized spacial score (nSPS) is 34.5. The van der Waals surface area contributed by atoms with E-state index < -0.39 is 30.4 Å². The van der Waals surface area contributed by atoms with Gasteiger partial charge in [0.2, 0.25) is 0 Å². The van der Waals surface area contributed by atoms with E-state index in [0.717, 1.165) is 0 Å². The minimum absolute atomic E-state index is 0.277. The Labute approximate surface area is 85.0 Å². The van der Waals surface area contributed by atoms with Crippen molar-refractivity contribution in [1.29, 1.82) is 0 Å². The van der Waals surface area contributed by atoms with E-state index in [0.29, 0.717) is 12.8 Å². The topological polar surface area (TPSA) is 29.5 Å². The molecule has 1 fully saturated rings. The first-order valence-corrected chi connectivity index (χ1v) is 4.82. The van der Waals surface area contributed by atoms with Crippen molar-refractivity contribution in [3.8, 4) is 0 Å². The van der Waals surface area contributed by atoms with Gasteiger partial charge in [0.05, 0.1) is 17.6 Å². The van der Waals surface area contributed by atoms with E-state index in [1.54, 1.807) is 0 Å². The van der Waals surface area contributed by atoms with Crippen molar-refractivity contribution in [2.45, 2.75) is 43.0 Å². The fourth-order valence-electron chi connectivity index (χ4n) is 1.43. The van der Waals surface area contributed by atoms with Gasteiger partial charge >= 0.3 is 6.18 Å². The van der Waals surface area contributed by atoms with E-state index in [4.69, 9.17) is 11.6 Å². The molecule has 0 heterocycles. The lowest BCUT2D eigenvalue weighted by atomic mass is 9.94. The van der Waals surface area contributed by atoms with Crippen molar-refractivity contribution in [3.63, 3.8) is 0 Å². The van der Waals surface area contributed by atoms with Crippen LogP contribution in [0.2, 0.25) is 0 Å². The molecule has 0 aliphatic heterocycles. The lowest BCUT2D eigenvalue weighted by Crippen LogP contribution is -2.35. The molecule has 0 spiro atoms. The molecule has 2 nitrogen and oxygen atoms in total. The molecule has 0 amide bonds. The highest BCUT2D eigenvalue weighted by Crippen LogP contribution is 2.27. The average Bonchev–Trinajstić information content (AvgIpc) is 2.06. The number of ether oxygens (including phenoxy) is 1. The van der Waals surface area contributed by atoms with Crippen molar-refractivity contribution in [3.05, 3.63) is 0 Å². The number of hydrogen-bond acceptors (Lipinski definition) is 2. The lowest BCUT2D eigenvalue weighted by molar-refractivity contribution is -0.189. The Balaban J connectivity index is 2.27. The minimum Gasteiger partial charge on any atom is -0.392 e. The number of rotatable bonds is 2. The Morgan fingerprint density at radius 3 is 2.50 bits per heavy atom. The van der Waals surface area contributed by atoms with Crippen LogP contribution in [0.3, 0.4) is 0 Å². The van der Waals surface area contributed by atoms with E-state index in [-0.39, 0.29) is 6.42 Å². The predicted octanol–water partition coefficient (Wildman–Crippen LogP) is 2.09. The van der Waals surface area contributed by atoms with Gasteiger partial charge in [-0.1, -0.05) is 0 Å². The molecule has 3 unspecified atom stereocenters. The Morgan fingerprint density at radius 2 is 2.00 bits per heavy atom. The molecule has 1 aliphatic carbocycles. The summed E-state index contributed by atoms with van der Waals surface area (Å²) in [5.41, 5.74) is 0. The van der Waals surface area contributed by atoms with Gasteiger partial charge in [0.25, 0.3) is 0 Å². The Morgan fingerprint density at radius 1 is 1.36 bits per heavy atom. The van der Waals surface area contributed by atoms with Gasteiger partial charge < -0.3 is 9.84 Å². The van der Waals surface area contributed by atoms with Crippen LogP contribution >= 0.6 is 11.6 Å². The molecule has 3 atom stereocenters. The molecule has 6 heteroatoms. The Hall–Kier alpha value is -0.0000000000000000555. The van der Waals surface area contributed by atoms with Crippen LogP contribution in [0.4, 0.5) is 13.2 Å². The fourth-order valence-corrected chi connectivity index (χ4v) is 1.75. The van der Waals surface area contributed by atoms with Crippen LogP contribution in [0.25, 0.3) is 0 Å². The van der Waals surface area contributed by atoms with Crippen LogP contribution in [0.5, 0.6) is 0 Å². The van der Waals surface area contributed by atoms with Gasteiger partial charge in [-0.3, -0.25) is 0 Å². The number of alkyl halides is 4. The van der Waals surface area contributed by atoms with Gasteiger partial charge in [-0.25, -0.2) is 0 Å². The van der Waals surface area contributed by atoms with Crippen molar-refractivity contribution in [2.24, 2.45) is 0 Å². The maximum atomic E-state index is 11.8. The molecule has 14 heavy (non-hydrogen) atoms. The second kappa shape index (κ2) is 4.68. The molecular formula is C8H12ClF3O2. The molecule has 1 aliphatic rings. The maximum Gasteiger partial charge on any atom is 0.411 e. The standard InChI is InChI=1S/C8H12ClF3O2/c9-6-3-5(1-2-7(6)13)14-4-8(10,11)12/h5-7,13H,1-4H2. The van der Waals surface area contributed by atoms with E-state index in [1.165, 1.54) is 0 Å². The summed E-state index contributed by atoms with van der Waals surface area (Å²) in [5, 5.41) is 8.72. The molecule has 1 saturated carbocycles. The fraction of sp³-hybridized carbons (Fsp3) is 1.00. The van der Waals surface area contributed by atoms with Gasteiger partial charge in [-0.15, -0.1) is 11.6 Å². The SMILES string of the molecule is OC1CCC(OCC(F)(F)F)CC1Cl. The van der Waals surface area contributed by atoms with Crippen LogP contribution in [0.15, 0.2) is 0 Å². The van der Waals surface area contributed by atoms with Crippen LogP contribution in [0, 0.1) is 0 Å². The van der Waals surface area contributed by atoms with Gasteiger partial charge in [0.1, 0.15) is 6.61 Å². The van der Waals surface area contributed by atoms with E-state index in [2.05, 4.69) is 4.74 Å². The highest BCUT2D eigenvalue weighted by molar-refractivity contribution is 6.21. The van der Waals surface area contributed by atoms with E-state index in [9.17, 15) is 18.3 Å². The van der Waals surface area contributed by atoms with Crippen LogP contribution in [-0.4, -0.2) is 35.5 Å². The molecule has 0 saturated heterocycles. The number of aliphatic hydroxyl groups is 1. The molecule has 84 valence electrons. The van der Waals surface area contributed by atoms with Crippen molar-refractivity contribution in [2.75, 3.05) is 6.61 Å². The highest BCUT2D eigenvalue weighted by Gasteiger charge is 2.33. The highest BCUT2D eigenvalue weighted by atomic mass is 35.5. The lowest BCUT2D eigenvalue weighted by Gasteiger charge is -2.29. The third-order valence-electron chi connectivity index (χ3n) is 2.17. The van der Waals surface area contributed by atoms with E-state index in [1.807, 2.05) is 0 Å². The predicted molar refractivity (Wildman–Crippen MR) is 45.3 cm³/mol. The first-order chi connectivity index (χ1) is 6.38. The molecule has 0 radical (unpaired) electrons. The molecule has 0 aromatic heterocycles. The molecule has 0 aromatic carbocycles. The summed E-state index contributed by atoms with van der Waals surface area (Å²) in [6.07, 6.45) is -4.29. The van der Waals surface area contributed by atoms with Crippen LogP contribution in [0.1, 0.15) is 19.3 Å². The molecule has 0 aromatic rings. The van der Waals surface area contributed by atoms with Crippen molar-refractivity contribution < 1.29 is 23.0 Å². The van der Waals surface area contributed by atoms with Gasteiger partial charge in [0.15, 0.2) is 0 Å². The summed E-state index contributed by atoms with van der Waals surface area (Å²) in [5.74, 6) is 0. The maximum absolute atomic E-state index is 11.8. The zero-order chi connectivity index (χ0) is 10.8. The summed E-state index contributed by atoms with van der Waals surface area (Å²) in [4.78, 5) is 0. The second-order valence-electron chi connectivity index (χ2n) is 3.44. The van der Waals surface area contributed by atoms with Crippen LogP contribution < -0.4 is 0 Å². The first-order valence-electron chi connectivity index (χ1n) is 4.39. The van der Waals surface area contributed by atoms with Gasteiger partial charge in [-0.2, -0.15) is 13.2 Å². The first kappa shape index (κ1) is 12.1. The minimum atomic E-state index is -4.29. The Bertz CT molecular complexity index is 186. The number of aliphatic hydroxyl groups excluding tert-OH is 1. The van der Waals surface area contributed by atoms with Gasteiger partial charge in [0, 0.05) is 0 Å². The summed E-state index contributed by atoms with van der Waals surface area (Å²) in [6.45, 7) is -1.24. The third-order valence-corrected chi connectivity index (χ3v) is 2.64. The summed E-state index contributed by atoms with van der Waals surface area (Å²) in [7, 11) is 0. The zero-order valence-electron chi connectivity index (χ0n) is 7.43. The quantitative estimate of drug-likeness (QED) is 0.739. The van der Waals surface area contributed by atoms with Crippen LogP contribution in [-0.2, 0) is 4.74 Å². The van der Waals surface area contributed by atoms with E-state index >= 15 is 0 Å². The molecule has 0 bridgehead atoms. The monoisotopic (exact) mass is 232 g/mol. The molecule has 1 rings (SSSR count). The summed E-state index contributed by atoms with van der Waals surface area (Å²) in [6, 6.07) is 0. The Kier molecular flexibility index (Phi) is 4.04. The smallest absolute Gasteiger partial charge is 0.392 e. The molecular weight excluding hydrogens is 221 g/mol. The zero-order valence-corrected chi connectivity index (χ0v) is 8.18. The number of hydrogen-bond donors (Lipinski definition) is 1. The molecule has 1 N–H and O–H groups in total. The average molecular weight is 233 g/mol. The van der Waals surface area contributed by atoms with Gasteiger partial charge in [-0.05, 0) is 19.3 Å².